The molecule has 37 heteroatoms. The molecule has 0 unspecified atom stereocenters. The largest absolute Gasteiger partial charge is 0.508 e. The molecular formula is C97H118N16O20S. The Morgan fingerprint density at radius 2 is 0.821 bits per heavy atom. The van der Waals surface area contributed by atoms with E-state index in [0.717, 1.165) is 36.3 Å². The Bertz CT molecular complexity index is 5420. The van der Waals surface area contributed by atoms with Gasteiger partial charge in [0, 0.05) is 103 Å². The average Bonchev–Trinajstić information content (AvgIpc) is 1.23. The lowest BCUT2D eigenvalue weighted by molar-refractivity contribution is -0.151. The molecule has 1 aliphatic rings. The van der Waals surface area contributed by atoms with Crippen molar-refractivity contribution < 1.29 is 97.1 Å². The van der Waals surface area contributed by atoms with Gasteiger partial charge in [-0.2, -0.15) is 0 Å². The number of nitrogens with one attached hydrogen (secondary N) is 10. The van der Waals surface area contributed by atoms with Gasteiger partial charge in [0.1, 0.15) is 83.7 Å². The number of aromatic amines is 1. The number of carbonyl (C=O) groups is 16. The summed E-state index contributed by atoms with van der Waals surface area (Å²) in [6, 6.07) is 32.0. The average molecular weight is 1860 g/mol. The first-order valence-corrected chi connectivity index (χ1v) is 45.1. The van der Waals surface area contributed by atoms with Crippen LogP contribution in [0.3, 0.4) is 0 Å². The van der Waals surface area contributed by atoms with Crippen LogP contribution in [-0.2, 0) is 122 Å². The van der Waals surface area contributed by atoms with Crippen molar-refractivity contribution in [1.29, 1.82) is 0 Å². The van der Waals surface area contributed by atoms with E-state index < -0.39 is 205 Å². The van der Waals surface area contributed by atoms with E-state index in [4.69, 9.17) is 5.73 Å². The molecule has 0 bridgehead atoms. The monoisotopic (exact) mass is 1860 g/mol. The van der Waals surface area contributed by atoms with Crippen LogP contribution in [0.25, 0.3) is 10.9 Å². The van der Waals surface area contributed by atoms with Gasteiger partial charge in [-0.3, -0.25) is 76.7 Å². The third-order valence-corrected chi connectivity index (χ3v) is 23.9. The van der Waals surface area contributed by atoms with Gasteiger partial charge in [-0.25, -0.2) is 0 Å². The number of amides is 15. The molecule has 1 aromatic heterocycles. The van der Waals surface area contributed by atoms with Crippen LogP contribution in [0.15, 0.2) is 194 Å². The van der Waals surface area contributed by atoms with Gasteiger partial charge in [-0.15, -0.1) is 11.8 Å². The van der Waals surface area contributed by atoms with Crippen molar-refractivity contribution in [2.75, 3.05) is 66.4 Å². The quantitative estimate of drug-likeness (QED) is 0.0413. The van der Waals surface area contributed by atoms with E-state index >= 15 is 38.4 Å². The molecule has 1 fully saturated rings. The van der Waals surface area contributed by atoms with E-state index in [1.807, 2.05) is 6.92 Å². The molecule has 712 valence electrons. The van der Waals surface area contributed by atoms with Crippen LogP contribution in [0, 0.1) is 5.92 Å². The molecule has 7 aromatic carbocycles. The van der Waals surface area contributed by atoms with Crippen molar-refractivity contribution in [2.45, 2.75) is 164 Å². The number of hydrogen-bond donors (Lipinski definition) is 15. The number of carboxylic acid groups (broad SMARTS) is 1. The second-order valence-corrected chi connectivity index (χ2v) is 34.8. The zero-order valence-electron chi connectivity index (χ0n) is 76.0. The van der Waals surface area contributed by atoms with Gasteiger partial charge in [-0.05, 0) is 100 Å². The normalized spacial score (nSPS) is 21.5. The van der Waals surface area contributed by atoms with Crippen LogP contribution in [-0.4, -0.2) is 277 Å². The van der Waals surface area contributed by atoms with E-state index in [2.05, 4.69) is 52.8 Å². The second-order valence-electron chi connectivity index (χ2n) is 33.8. The smallest absolute Gasteiger partial charge is 0.305 e. The highest BCUT2D eigenvalue weighted by atomic mass is 32.2. The van der Waals surface area contributed by atoms with E-state index in [1.54, 1.807) is 135 Å². The molecule has 36 nitrogen and oxygen atoms in total. The van der Waals surface area contributed by atoms with E-state index in [9.17, 15) is 58.8 Å². The predicted molar refractivity (Wildman–Crippen MR) is 499 cm³/mol. The lowest BCUT2D eigenvalue weighted by Gasteiger charge is -2.37. The third-order valence-electron chi connectivity index (χ3n) is 22.8. The molecule has 8 aromatic rings. The number of primary amides is 1. The predicted octanol–water partition coefficient (Wildman–Crippen LogP) is 2.62. The number of benzene rings is 7. The number of thioether (sulfide) groups is 1. The van der Waals surface area contributed by atoms with Gasteiger partial charge < -0.3 is 103 Å². The van der Waals surface area contributed by atoms with Gasteiger partial charge in [-0.1, -0.05) is 179 Å². The summed E-state index contributed by atoms with van der Waals surface area (Å²) in [7, 11) is 6.46. The number of aliphatic carboxylic acids is 1. The Kier molecular flexibility index (Phi) is 38.5. The van der Waals surface area contributed by atoms with E-state index in [1.165, 1.54) is 108 Å². The number of rotatable bonds is 24. The number of phenols is 3. The molecule has 1 saturated heterocycles. The molecule has 2 heterocycles. The number of fused-ring (bicyclic) bond motifs is 1. The maximum absolute atomic E-state index is 15.6. The number of H-pyrrole nitrogens is 1. The molecule has 134 heavy (non-hydrogen) atoms. The van der Waals surface area contributed by atoms with Gasteiger partial charge in [0.25, 0.3) is 0 Å². The molecule has 0 saturated carbocycles. The van der Waals surface area contributed by atoms with E-state index in [-0.39, 0.29) is 74.5 Å². The number of aromatic hydroxyl groups is 3. The zero-order valence-corrected chi connectivity index (χ0v) is 76.8. The fourth-order valence-electron chi connectivity index (χ4n) is 15.5. The number of nitrogens with two attached hydrogens (primary N) is 1. The number of nitrogens with zero attached hydrogens (tertiary/aromatic N) is 5. The molecule has 1 aliphatic heterocycles. The van der Waals surface area contributed by atoms with Crippen LogP contribution >= 0.6 is 11.8 Å². The maximum Gasteiger partial charge on any atom is 0.305 e. The number of para-hydroxylation sites is 1. The van der Waals surface area contributed by atoms with E-state index in [0.29, 0.717) is 62.7 Å². The molecule has 0 radical (unpaired) electrons. The Hall–Kier alpha value is -14.7. The highest BCUT2D eigenvalue weighted by Gasteiger charge is 2.42. The van der Waals surface area contributed by atoms with Gasteiger partial charge >= 0.3 is 5.97 Å². The minimum atomic E-state index is -1.98. The van der Waals surface area contributed by atoms with Crippen molar-refractivity contribution in [3.8, 4) is 17.2 Å². The summed E-state index contributed by atoms with van der Waals surface area (Å²) >= 11 is 0.823. The summed E-state index contributed by atoms with van der Waals surface area (Å²) in [5, 5.41) is 66.2. The van der Waals surface area contributed by atoms with Crippen molar-refractivity contribution in [3.05, 3.63) is 233 Å². The Morgan fingerprint density at radius 1 is 0.425 bits per heavy atom. The number of aromatic nitrogens is 1. The van der Waals surface area contributed by atoms with Crippen LogP contribution in [0.4, 0.5) is 0 Å². The molecule has 15 amide bonds. The van der Waals surface area contributed by atoms with Gasteiger partial charge in [0.15, 0.2) is 0 Å². The standard InChI is InChI=1S/C97H118N16O20S/c1-9-10-30-79-96(132)110(5)55-84(119)102-74(51-86(121)122)91(127)106-77(47-64-35-41-68(116)42-36-64)95(131)112(7)80(48-60-24-16-12-17-25-60)92(128)107-75(46-63-33-39-67(115)40-34-63)93(129)109(4)54-83(118)101-73(50-65-52-99-70-29-21-20-28-69(65)70)90(126)105-72(44-62-31-37-66(114)38-32-62)89(125)104-71(43-58(2)3)88(124)108-78(87(123)100-53-82(98)117)56-134-57-85(120)103-76(45-59-22-14-11-15-23-59)94(130)113(8)81(97(133)111(79)6)49-61-26-18-13-19-27-61/h11-29,31-42,52,58,71-81,99,114-116H,9-10,30,43-51,53-57H2,1-8H3,(H2,98,117)(H,100,123)(H,101,118)(H,102,119)(H,103,120)(H,104,125)(H,105,126)(H,106,127)(H,107,128)(H,108,124)(H,121,122)/t71-,72-,73-,74-,75-,76-,77-,78-,79-,80-,81-/m0/s1. The minimum absolute atomic E-state index is 0.00791. The first-order chi connectivity index (χ1) is 63.9. The highest BCUT2D eigenvalue weighted by Crippen LogP contribution is 2.25. The molecule has 9 rings (SSSR count). The Balaban J connectivity index is 1.13. The van der Waals surface area contributed by atoms with Crippen molar-refractivity contribution in [3.63, 3.8) is 0 Å². The van der Waals surface area contributed by atoms with Gasteiger partial charge in [0.2, 0.25) is 88.6 Å². The van der Waals surface area contributed by atoms with Crippen molar-refractivity contribution in [1.82, 2.24) is 77.3 Å². The lowest BCUT2D eigenvalue weighted by atomic mass is 9.99. The number of likely N-dealkylation sites (N-methyl/N-ethyl adjacent to an activating group) is 5. The Morgan fingerprint density at radius 3 is 1.33 bits per heavy atom. The molecule has 11 atom stereocenters. The topological polar surface area (TPSA) is 520 Å². The number of unbranched alkanes of at least 4 members (excludes halogenated alkanes) is 1. The van der Waals surface area contributed by atoms with Crippen molar-refractivity contribution in [2.24, 2.45) is 11.7 Å². The summed E-state index contributed by atoms with van der Waals surface area (Å²) in [5.41, 5.74) is 9.33. The molecule has 0 spiro atoms. The van der Waals surface area contributed by atoms with Crippen LogP contribution in [0.5, 0.6) is 17.2 Å². The van der Waals surface area contributed by atoms with Crippen molar-refractivity contribution >= 4 is 117 Å². The second kappa shape index (κ2) is 50.1. The first-order valence-electron chi connectivity index (χ1n) is 44.0. The highest BCUT2D eigenvalue weighted by molar-refractivity contribution is 8.00. The van der Waals surface area contributed by atoms with Gasteiger partial charge in [0.05, 0.1) is 31.8 Å². The number of carboxylic acids is 1. The molecule has 16 N–H and O–H groups in total. The summed E-state index contributed by atoms with van der Waals surface area (Å²) in [6.45, 7) is 2.96. The molecule has 0 aliphatic carbocycles. The zero-order chi connectivity index (χ0) is 97.4. The SMILES string of the molecule is CCCC[C@H]1C(=O)N(C)CC(=O)N[C@@H](CC(=O)O)C(=O)N[C@@H](Cc2ccc(O)cc2)C(=O)N(C)[C@@H](Cc2ccccc2)C(=O)N[C@@H](Cc2ccc(O)cc2)C(=O)N(C)CC(=O)N[C@@H](Cc2c[nH]c3ccccc23)C(=O)N[C@@H](Cc2ccc(O)cc2)C(=O)N[C@@H](CC(C)C)C(=O)N[C@H](C(=O)NCC(N)=O)CSCC(=O)N[C@@H](Cc2ccccc2)C(=O)N(C)[C@@H](Cc2ccccc2)C(=O)N1C. The fourth-order valence-corrected chi connectivity index (χ4v) is 16.4. The van der Waals surface area contributed by atoms with Crippen LogP contribution in [0.1, 0.15) is 91.8 Å². The summed E-state index contributed by atoms with van der Waals surface area (Å²) in [5.74, 6) is -17.3. The van der Waals surface area contributed by atoms with Crippen LogP contribution < -0.4 is 53.6 Å². The molecular weight excluding hydrogens is 1740 g/mol. The maximum atomic E-state index is 15.6. The first kappa shape index (κ1) is 103. The lowest BCUT2D eigenvalue weighted by Crippen LogP contribution is -2.60. The summed E-state index contributed by atoms with van der Waals surface area (Å²) < 4.78 is 0. The number of phenolic OH excluding ortho intramolecular Hbond substituents is 3. The fraction of sp³-hybridized carbons (Fsp3) is 0.381. The number of hydrogen-bond acceptors (Lipinski definition) is 20. The summed E-state index contributed by atoms with van der Waals surface area (Å²) in [6.07, 6.45) is -0.576. The summed E-state index contributed by atoms with van der Waals surface area (Å²) in [4.78, 5) is 245. The number of carbonyl (C=O) groups excluding carboxylic acids is 15. The minimum Gasteiger partial charge on any atom is -0.508 e. The Labute approximate surface area is 780 Å². The third kappa shape index (κ3) is 31.0. The van der Waals surface area contributed by atoms with Crippen LogP contribution in [0.2, 0.25) is 0 Å².